The first-order valence-corrected chi connectivity index (χ1v) is 7.76. The minimum absolute atomic E-state index is 0.794. The van der Waals surface area contributed by atoms with Crippen LogP contribution in [0.15, 0.2) is 18.3 Å². The summed E-state index contributed by atoms with van der Waals surface area (Å²) >= 11 is 0. The van der Waals surface area contributed by atoms with E-state index in [1.807, 2.05) is 6.20 Å². The molecule has 1 aliphatic rings. The van der Waals surface area contributed by atoms with Crippen molar-refractivity contribution in [2.45, 2.75) is 58.5 Å². The van der Waals surface area contributed by atoms with Crippen LogP contribution in [0.1, 0.15) is 51.5 Å². The van der Waals surface area contributed by atoms with Crippen LogP contribution in [-0.2, 0) is 6.54 Å². The normalized spacial score (nSPS) is 16.2. The van der Waals surface area contributed by atoms with E-state index in [2.05, 4.69) is 41.2 Å². The Kier molecular flexibility index (Phi) is 5.64. The molecule has 19 heavy (non-hydrogen) atoms. The van der Waals surface area contributed by atoms with Gasteiger partial charge in [-0.3, -0.25) is 4.90 Å². The number of rotatable bonds is 7. The molecule has 0 saturated heterocycles. The summed E-state index contributed by atoms with van der Waals surface area (Å²) in [6.45, 7) is 7.61. The molecule has 3 nitrogen and oxygen atoms in total. The average Bonchev–Trinajstić information content (AvgIpc) is 2.98. The summed E-state index contributed by atoms with van der Waals surface area (Å²) in [5.41, 5.74) is 1.33. The molecule has 1 heterocycles. The van der Waals surface area contributed by atoms with E-state index in [0.29, 0.717) is 0 Å². The van der Waals surface area contributed by atoms with Crippen molar-refractivity contribution in [1.29, 1.82) is 0 Å². The van der Waals surface area contributed by atoms with E-state index in [-0.39, 0.29) is 0 Å². The zero-order valence-corrected chi connectivity index (χ0v) is 12.4. The van der Waals surface area contributed by atoms with Gasteiger partial charge in [-0.05, 0) is 37.4 Å². The van der Waals surface area contributed by atoms with Gasteiger partial charge in [-0.1, -0.05) is 32.8 Å². The molecule has 0 radical (unpaired) electrons. The van der Waals surface area contributed by atoms with Crippen LogP contribution in [0.2, 0.25) is 0 Å². The molecule has 106 valence electrons. The van der Waals surface area contributed by atoms with Gasteiger partial charge in [-0.2, -0.15) is 0 Å². The third-order valence-corrected chi connectivity index (χ3v) is 4.01. The Balaban J connectivity index is 1.89. The number of pyridine rings is 1. The van der Waals surface area contributed by atoms with Crippen LogP contribution >= 0.6 is 0 Å². The predicted octanol–water partition coefficient (Wildman–Crippen LogP) is 3.67. The minimum Gasteiger partial charge on any atom is -0.370 e. The zero-order valence-electron chi connectivity index (χ0n) is 12.4. The van der Waals surface area contributed by atoms with E-state index < -0.39 is 0 Å². The average molecular weight is 261 g/mol. The van der Waals surface area contributed by atoms with E-state index in [4.69, 9.17) is 0 Å². The summed E-state index contributed by atoms with van der Waals surface area (Å²) in [4.78, 5) is 7.09. The molecule has 0 aromatic carbocycles. The Bertz CT molecular complexity index is 355. The van der Waals surface area contributed by atoms with Crippen LogP contribution in [-0.4, -0.2) is 29.0 Å². The highest BCUT2D eigenvalue weighted by molar-refractivity contribution is 5.35. The molecule has 1 saturated carbocycles. The summed E-state index contributed by atoms with van der Waals surface area (Å²) in [5, 5.41) is 3.32. The van der Waals surface area contributed by atoms with Crippen LogP contribution in [0.25, 0.3) is 0 Å². The van der Waals surface area contributed by atoms with Crippen LogP contribution in [0.5, 0.6) is 0 Å². The second kappa shape index (κ2) is 7.49. The Morgan fingerprint density at radius 1 is 1.26 bits per heavy atom. The molecule has 0 spiro atoms. The van der Waals surface area contributed by atoms with Gasteiger partial charge in [0, 0.05) is 25.3 Å². The third kappa shape index (κ3) is 4.20. The lowest BCUT2D eigenvalue weighted by molar-refractivity contribution is 0.200. The molecule has 3 heteroatoms. The van der Waals surface area contributed by atoms with E-state index in [1.165, 1.54) is 31.2 Å². The van der Waals surface area contributed by atoms with E-state index >= 15 is 0 Å². The highest BCUT2D eigenvalue weighted by atomic mass is 15.1. The lowest BCUT2D eigenvalue weighted by Crippen LogP contribution is -2.32. The lowest BCUT2D eigenvalue weighted by Gasteiger charge is -2.27. The molecule has 1 fully saturated rings. The van der Waals surface area contributed by atoms with Crippen molar-refractivity contribution < 1.29 is 0 Å². The van der Waals surface area contributed by atoms with Crippen molar-refractivity contribution in [3.63, 3.8) is 0 Å². The van der Waals surface area contributed by atoms with Crippen molar-refractivity contribution >= 4 is 5.82 Å². The van der Waals surface area contributed by atoms with Gasteiger partial charge in [0.25, 0.3) is 0 Å². The molecule has 1 aromatic heterocycles. The molecule has 0 bridgehead atoms. The first kappa shape index (κ1) is 14.3. The van der Waals surface area contributed by atoms with Crippen LogP contribution < -0.4 is 5.32 Å². The summed E-state index contributed by atoms with van der Waals surface area (Å²) in [5.74, 6) is 0.995. The Morgan fingerprint density at radius 2 is 2.05 bits per heavy atom. The Labute approximate surface area is 117 Å². The molecule has 0 unspecified atom stereocenters. The first-order valence-electron chi connectivity index (χ1n) is 7.76. The largest absolute Gasteiger partial charge is 0.370 e. The van der Waals surface area contributed by atoms with Crippen molar-refractivity contribution in [2.24, 2.45) is 0 Å². The second-order valence-electron chi connectivity index (χ2n) is 5.48. The number of nitrogens with one attached hydrogen (secondary N) is 1. The van der Waals surface area contributed by atoms with Gasteiger partial charge >= 0.3 is 0 Å². The molecule has 1 aromatic rings. The summed E-state index contributed by atoms with van der Waals surface area (Å²) in [6, 6.07) is 5.11. The second-order valence-corrected chi connectivity index (χ2v) is 5.48. The lowest BCUT2D eigenvalue weighted by atomic mass is 10.1. The van der Waals surface area contributed by atoms with Gasteiger partial charge in [0.1, 0.15) is 5.82 Å². The van der Waals surface area contributed by atoms with E-state index in [0.717, 1.165) is 37.9 Å². The molecule has 2 rings (SSSR count). The van der Waals surface area contributed by atoms with Crippen molar-refractivity contribution in [2.75, 3.05) is 18.4 Å². The van der Waals surface area contributed by atoms with Crippen molar-refractivity contribution in [1.82, 2.24) is 9.88 Å². The number of hydrogen-bond acceptors (Lipinski definition) is 3. The zero-order chi connectivity index (χ0) is 13.5. The smallest absolute Gasteiger partial charge is 0.125 e. The van der Waals surface area contributed by atoms with Gasteiger partial charge in [0.15, 0.2) is 0 Å². The van der Waals surface area contributed by atoms with Crippen LogP contribution in [0.4, 0.5) is 5.82 Å². The predicted molar refractivity (Wildman–Crippen MR) is 81.4 cm³/mol. The molecule has 0 amide bonds. The maximum Gasteiger partial charge on any atom is 0.125 e. The van der Waals surface area contributed by atoms with Crippen molar-refractivity contribution in [3.8, 4) is 0 Å². The SMILES string of the molecule is CCCNc1ccc(CN(CC)C2CCCC2)cn1. The number of hydrogen-bond donors (Lipinski definition) is 1. The Morgan fingerprint density at radius 3 is 2.63 bits per heavy atom. The van der Waals surface area contributed by atoms with Crippen LogP contribution in [0, 0.1) is 0 Å². The van der Waals surface area contributed by atoms with Gasteiger partial charge in [0.2, 0.25) is 0 Å². The Hall–Kier alpha value is -1.09. The van der Waals surface area contributed by atoms with E-state index in [1.54, 1.807) is 0 Å². The molecule has 0 aliphatic heterocycles. The third-order valence-electron chi connectivity index (χ3n) is 4.01. The summed E-state index contributed by atoms with van der Waals surface area (Å²) < 4.78 is 0. The fourth-order valence-corrected chi connectivity index (χ4v) is 2.88. The van der Waals surface area contributed by atoms with Crippen molar-refractivity contribution in [3.05, 3.63) is 23.9 Å². The highest BCUT2D eigenvalue weighted by Gasteiger charge is 2.21. The standard InChI is InChI=1S/C16H27N3/c1-3-11-17-16-10-9-14(12-18-16)13-19(4-2)15-7-5-6-8-15/h9-10,12,15H,3-8,11,13H2,1-2H3,(H,17,18). The van der Waals surface area contributed by atoms with Gasteiger partial charge in [-0.25, -0.2) is 4.98 Å². The quantitative estimate of drug-likeness (QED) is 0.811. The maximum absolute atomic E-state index is 4.49. The minimum atomic E-state index is 0.794. The number of nitrogens with zero attached hydrogens (tertiary/aromatic N) is 2. The molecule has 0 atom stereocenters. The summed E-state index contributed by atoms with van der Waals surface area (Å²) in [6.07, 6.45) is 8.71. The molecule has 1 aliphatic carbocycles. The summed E-state index contributed by atoms with van der Waals surface area (Å²) in [7, 11) is 0. The fourth-order valence-electron chi connectivity index (χ4n) is 2.88. The highest BCUT2D eigenvalue weighted by Crippen LogP contribution is 2.24. The number of anilines is 1. The molecular formula is C16H27N3. The molecule has 1 N–H and O–H groups in total. The first-order chi connectivity index (χ1) is 9.33. The maximum atomic E-state index is 4.49. The molecular weight excluding hydrogens is 234 g/mol. The van der Waals surface area contributed by atoms with Gasteiger partial charge in [-0.15, -0.1) is 0 Å². The fraction of sp³-hybridized carbons (Fsp3) is 0.688. The number of aromatic nitrogens is 1. The van der Waals surface area contributed by atoms with Gasteiger partial charge in [0.05, 0.1) is 0 Å². The monoisotopic (exact) mass is 261 g/mol. The van der Waals surface area contributed by atoms with Crippen LogP contribution in [0.3, 0.4) is 0 Å². The topological polar surface area (TPSA) is 28.2 Å². The van der Waals surface area contributed by atoms with E-state index in [9.17, 15) is 0 Å². The van der Waals surface area contributed by atoms with Gasteiger partial charge < -0.3 is 5.32 Å².